The Morgan fingerprint density at radius 3 is 1.95 bits per heavy atom. The highest BCUT2D eigenvalue weighted by Crippen LogP contribution is 2.23. The maximum Gasteiger partial charge on any atom is 0.353 e. The molecular formula is C16H10O5. The molecule has 0 aliphatic carbocycles. The molecule has 0 spiro atoms. The first-order chi connectivity index (χ1) is 9.87. The third-order valence-corrected chi connectivity index (χ3v) is 1.94. The van der Waals surface area contributed by atoms with E-state index in [1.165, 1.54) is 13.8 Å². The molecule has 1 saturated heterocycles. The Labute approximate surface area is 122 Å². The van der Waals surface area contributed by atoms with Crippen molar-refractivity contribution in [1.29, 1.82) is 0 Å². The summed E-state index contributed by atoms with van der Waals surface area (Å²) >= 11 is 0. The molecule has 0 aromatic rings. The quantitative estimate of drug-likeness (QED) is 0.232. The lowest BCUT2D eigenvalue weighted by molar-refractivity contribution is -0.222. The molecule has 0 bridgehead atoms. The number of allylic oxidation sites excluding steroid dienone is 1. The average molecular weight is 282 g/mol. The molecule has 5 heteroatoms. The van der Waals surface area contributed by atoms with E-state index in [9.17, 15) is 14.7 Å². The molecule has 1 aliphatic rings. The minimum Gasteiger partial charge on any atom is -0.500 e. The van der Waals surface area contributed by atoms with E-state index in [0.717, 1.165) is 0 Å². The van der Waals surface area contributed by atoms with Gasteiger partial charge in [-0.25, -0.2) is 9.59 Å². The summed E-state index contributed by atoms with van der Waals surface area (Å²) in [5.41, 5.74) is -0.661. The van der Waals surface area contributed by atoms with Crippen molar-refractivity contribution >= 4 is 11.9 Å². The van der Waals surface area contributed by atoms with Crippen LogP contribution in [0.15, 0.2) is 11.3 Å². The van der Waals surface area contributed by atoms with Gasteiger partial charge in [-0.15, -0.1) is 0 Å². The molecule has 0 unspecified atom stereocenters. The zero-order chi connectivity index (χ0) is 15.9. The van der Waals surface area contributed by atoms with Gasteiger partial charge in [-0.05, 0) is 48.4 Å². The molecule has 1 fully saturated rings. The summed E-state index contributed by atoms with van der Waals surface area (Å²) in [7, 11) is 0. The van der Waals surface area contributed by atoms with Crippen molar-refractivity contribution in [3.63, 3.8) is 0 Å². The van der Waals surface area contributed by atoms with Gasteiger partial charge in [-0.1, -0.05) is 5.92 Å². The van der Waals surface area contributed by atoms with Crippen LogP contribution in [0, 0.1) is 47.4 Å². The number of carbonyl (C=O) groups is 2. The molecular weight excluding hydrogens is 272 g/mol. The van der Waals surface area contributed by atoms with Crippen LogP contribution in [0.25, 0.3) is 0 Å². The SMILES string of the molecule is CC#CC#CC#CC#CC(O)=C1C(=O)OC(C)(C)OC1=O. The van der Waals surface area contributed by atoms with Crippen LogP contribution in [0.1, 0.15) is 20.8 Å². The second kappa shape index (κ2) is 6.76. The minimum atomic E-state index is -1.37. The van der Waals surface area contributed by atoms with Crippen LogP contribution in [-0.2, 0) is 19.1 Å². The van der Waals surface area contributed by atoms with Crippen LogP contribution in [0.4, 0.5) is 0 Å². The van der Waals surface area contributed by atoms with Gasteiger partial charge < -0.3 is 14.6 Å². The summed E-state index contributed by atoms with van der Waals surface area (Å²) in [6, 6.07) is 0. The van der Waals surface area contributed by atoms with E-state index in [2.05, 4.69) is 47.4 Å². The van der Waals surface area contributed by atoms with E-state index < -0.39 is 29.1 Å². The molecule has 0 radical (unpaired) electrons. The van der Waals surface area contributed by atoms with Crippen LogP contribution in [0.2, 0.25) is 0 Å². The lowest BCUT2D eigenvalue weighted by Crippen LogP contribution is -2.42. The molecule has 0 aromatic carbocycles. The summed E-state index contributed by atoms with van der Waals surface area (Å²) < 4.78 is 9.62. The maximum absolute atomic E-state index is 11.6. The average Bonchev–Trinajstić information content (AvgIpc) is 2.35. The highest BCUT2D eigenvalue weighted by atomic mass is 16.7. The van der Waals surface area contributed by atoms with Gasteiger partial charge in [0.2, 0.25) is 0 Å². The lowest BCUT2D eigenvalue weighted by Gasteiger charge is -2.29. The number of cyclic esters (lactones) is 2. The topological polar surface area (TPSA) is 72.8 Å². The van der Waals surface area contributed by atoms with Gasteiger partial charge in [0.1, 0.15) is 0 Å². The van der Waals surface area contributed by atoms with Crippen molar-refractivity contribution in [2.45, 2.75) is 26.6 Å². The lowest BCUT2D eigenvalue weighted by atomic mass is 10.2. The van der Waals surface area contributed by atoms with E-state index in [1.54, 1.807) is 6.92 Å². The fourth-order valence-electron chi connectivity index (χ4n) is 1.19. The predicted molar refractivity (Wildman–Crippen MR) is 72.7 cm³/mol. The van der Waals surface area contributed by atoms with Crippen LogP contribution >= 0.6 is 0 Å². The first-order valence-electron chi connectivity index (χ1n) is 5.70. The largest absolute Gasteiger partial charge is 0.500 e. The second-order valence-corrected chi connectivity index (χ2v) is 4.03. The van der Waals surface area contributed by atoms with Gasteiger partial charge in [0, 0.05) is 13.8 Å². The molecule has 104 valence electrons. The molecule has 1 rings (SSSR count). The molecule has 1 heterocycles. The summed E-state index contributed by atoms with van der Waals surface area (Å²) in [6.45, 7) is 4.42. The summed E-state index contributed by atoms with van der Waals surface area (Å²) in [5, 5.41) is 9.60. The number of hydrogen-bond acceptors (Lipinski definition) is 5. The maximum atomic E-state index is 11.6. The third kappa shape index (κ3) is 4.71. The Kier molecular flexibility index (Phi) is 5.08. The number of esters is 2. The third-order valence-electron chi connectivity index (χ3n) is 1.94. The zero-order valence-electron chi connectivity index (χ0n) is 11.6. The number of aliphatic hydroxyl groups is 1. The van der Waals surface area contributed by atoms with Gasteiger partial charge in [-0.3, -0.25) is 0 Å². The van der Waals surface area contributed by atoms with Crippen molar-refractivity contribution in [3.05, 3.63) is 11.3 Å². The summed E-state index contributed by atoms with van der Waals surface area (Å²) in [6.07, 6.45) is 0. The first kappa shape index (κ1) is 15.8. The van der Waals surface area contributed by atoms with Crippen LogP contribution in [0.3, 0.4) is 0 Å². The minimum absolute atomic E-state index is 0.661. The number of aliphatic hydroxyl groups excluding tert-OH is 1. The van der Waals surface area contributed by atoms with Gasteiger partial charge in [-0.2, -0.15) is 0 Å². The summed E-state index contributed by atoms with van der Waals surface area (Å²) in [5.74, 6) is 14.8. The fourth-order valence-corrected chi connectivity index (χ4v) is 1.19. The normalized spacial score (nSPS) is 14.3. The highest BCUT2D eigenvalue weighted by Gasteiger charge is 2.41. The van der Waals surface area contributed by atoms with Gasteiger partial charge >= 0.3 is 11.9 Å². The van der Waals surface area contributed by atoms with Crippen molar-refractivity contribution < 1.29 is 24.2 Å². The Morgan fingerprint density at radius 2 is 1.43 bits per heavy atom. The van der Waals surface area contributed by atoms with E-state index in [1.807, 2.05) is 0 Å². The molecule has 1 aliphatic heterocycles. The van der Waals surface area contributed by atoms with Crippen LogP contribution in [0.5, 0.6) is 0 Å². The Morgan fingerprint density at radius 1 is 0.952 bits per heavy atom. The Balaban J connectivity index is 2.94. The second-order valence-electron chi connectivity index (χ2n) is 4.03. The zero-order valence-corrected chi connectivity index (χ0v) is 11.6. The van der Waals surface area contributed by atoms with Crippen LogP contribution in [-0.4, -0.2) is 22.8 Å². The number of hydrogen-bond donors (Lipinski definition) is 1. The van der Waals surface area contributed by atoms with Gasteiger partial charge in [0.25, 0.3) is 5.79 Å². The van der Waals surface area contributed by atoms with Gasteiger partial charge in [0.15, 0.2) is 11.3 Å². The molecule has 1 N–H and O–H groups in total. The number of ether oxygens (including phenoxy) is 2. The molecule has 21 heavy (non-hydrogen) atoms. The highest BCUT2D eigenvalue weighted by molar-refractivity contribution is 6.16. The molecule has 5 nitrogen and oxygen atoms in total. The number of rotatable bonds is 0. The van der Waals surface area contributed by atoms with Crippen molar-refractivity contribution in [3.8, 4) is 47.4 Å². The van der Waals surface area contributed by atoms with Crippen LogP contribution < -0.4 is 0 Å². The van der Waals surface area contributed by atoms with Crippen molar-refractivity contribution in [1.82, 2.24) is 0 Å². The Bertz CT molecular complexity index is 730. The molecule has 0 saturated carbocycles. The molecule has 0 atom stereocenters. The summed E-state index contributed by atoms with van der Waals surface area (Å²) in [4.78, 5) is 23.2. The van der Waals surface area contributed by atoms with E-state index >= 15 is 0 Å². The molecule has 0 aromatic heterocycles. The fraction of sp³-hybridized carbons (Fsp3) is 0.250. The Hall–Kier alpha value is -3.28. The van der Waals surface area contributed by atoms with E-state index in [-0.39, 0.29) is 0 Å². The molecule has 0 amide bonds. The number of carbonyl (C=O) groups excluding carboxylic acids is 2. The standard InChI is InChI=1S/C16H10O5/c1-4-5-6-7-8-9-10-11-12(17)13-14(18)20-16(2,3)21-15(13)19/h17H,1-3H3. The monoisotopic (exact) mass is 282 g/mol. The smallest absolute Gasteiger partial charge is 0.353 e. The van der Waals surface area contributed by atoms with Crippen molar-refractivity contribution in [2.75, 3.05) is 0 Å². The van der Waals surface area contributed by atoms with E-state index in [0.29, 0.717) is 0 Å². The van der Waals surface area contributed by atoms with Gasteiger partial charge in [0.05, 0.1) is 0 Å². The van der Waals surface area contributed by atoms with Crippen molar-refractivity contribution in [2.24, 2.45) is 0 Å². The first-order valence-corrected chi connectivity index (χ1v) is 5.70. The predicted octanol–water partition coefficient (Wildman–Crippen LogP) is 0.668. The van der Waals surface area contributed by atoms with E-state index in [4.69, 9.17) is 9.47 Å².